The second-order valence-corrected chi connectivity index (χ2v) is 11.7. The Bertz CT molecular complexity index is 1630. The van der Waals surface area contributed by atoms with Crippen molar-refractivity contribution in [3.05, 3.63) is 114 Å². The van der Waals surface area contributed by atoms with E-state index in [0.717, 1.165) is 11.1 Å². The van der Waals surface area contributed by atoms with Crippen molar-refractivity contribution in [2.45, 2.75) is 23.6 Å². The fourth-order valence-corrected chi connectivity index (χ4v) is 5.90. The molecule has 0 atom stereocenters. The van der Waals surface area contributed by atoms with Crippen molar-refractivity contribution >= 4 is 43.0 Å². The highest BCUT2D eigenvalue weighted by Gasteiger charge is 2.18. The lowest BCUT2D eigenvalue weighted by atomic mass is 10.1. The van der Waals surface area contributed by atoms with Gasteiger partial charge in [0.15, 0.2) is 0 Å². The van der Waals surface area contributed by atoms with E-state index in [-0.39, 0.29) is 21.0 Å². The van der Waals surface area contributed by atoms with Crippen molar-refractivity contribution in [2.24, 2.45) is 0 Å². The van der Waals surface area contributed by atoms with E-state index in [0.29, 0.717) is 11.4 Å². The van der Waals surface area contributed by atoms with Crippen LogP contribution in [0, 0.1) is 13.8 Å². The van der Waals surface area contributed by atoms with Gasteiger partial charge in [-0.05, 0) is 79.6 Å². The zero-order valence-electron chi connectivity index (χ0n) is 20.1. The van der Waals surface area contributed by atoms with Gasteiger partial charge in [0.2, 0.25) is 0 Å². The van der Waals surface area contributed by atoms with Crippen molar-refractivity contribution in [3.63, 3.8) is 0 Å². The maximum absolute atomic E-state index is 12.9. The maximum Gasteiger partial charge on any atom is 0.261 e. The predicted molar refractivity (Wildman–Crippen MR) is 145 cm³/mol. The highest BCUT2D eigenvalue weighted by molar-refractivity contribution is 7.93. The molecule has 1 amide bonds. The first-order valence-corrected chi connectivity index (χ1v) is 14.2. The minimum Gasteiger partial charge on any atom is -0.322 e. The summed E-state index contributed by atoms with van der Waals surface area (Å²) in [7, 11) is -7.64. The maximum atomic E-state index is 12.9. The number of amides is 1. The molecule has 0 bridgehead atoms. The number of aryl methyl sites for hydroxylation is 2. The van der Waals surface area contributed by atoms with E-state index in [4.69, 9.17) is 0 Å². The van der Waals surface area contributed by atoms with Crippen LogP contribution in [0.15, 0.2) is 107 Å². The third kappa shape index (κ3) is 6.16. The molecule has 37 heavy (non-hydrogen) atoms. The van der Waals surface area contributed by atoms with Gasteiger partial charge in [0.1, 0.15) is 0 Å². The Hall–Kier alpha value is -4.15. The number of nitrogens with one attached hydrogen (secondary N) is 3. The summed E-state index contributed by atoms with van der Waals surface area (Å²) >= 11 is 0. The highest BCUT2D eigenvalue weighted by Crippen LogP contribution is 2.24. The van der Waals surface area contributed by atoms with Crippen molar-refractivity contribution in [2.75, 3.05) is 14.8 Å². The quantitative estimate of drug-likeness (QED) is 0.288. The van der Waals surface area contributed by atoms with Crippen LogP contribution in [0.3, 0.4) is 0 Å². The summed E-state index contributed by atoms with van der Waals surface area (Å²) in [6, 6.07) is 25.2. The summed E-state index contributed by atoms with van der Waals surface area (Å²) in [5.74, 6) is -0.481. The minimum absolute atomic E-state index is 0.0467. The molecule has 0 aliphatic carbocycles. The fourth-order valence-electron chi connectivity index (χ4n) is 3.63. The first-order chi connectivity index (χ1) is 17.5. The SMILES string of the molecule is Cc1cccc(C)c1NS(=O)(=O)c1ccc(NC(=O)c2cccc(NS(=O)(=O)c3ccccc3)c2)cc1. The van der Waals surface area contributed by atoms with E-state index in [9.17, 15) is 21.6 Å². The molecule has 3 N–H and O–H groups in total. The summed E-state index contributed by atoms with van der Waals surface area (Å²) in [4.78, 5) is 12.9. The van der Waals surface area contributed by atoms with E-state index in [1.165, 1.54) is 42.5 Å². The largest absolute Gasteiger partial charge is 0.322 e. The van der Waals surface area contributed by atoms with Crippen LogP contribution in [0.25, 0.3) is 0 Å². The van der Waals surface area contributed by atoms with E-state index in [1.54, 1.807) is 36.4 Å². The molecule has 8 nitrogen and oxygen atoms in total. The second kappa shape index (κ2) is 10.5. The molecule has 10 heteroatoms. The average Bonchev–Trinajstić information content (AvgIpc) is 2.87. The monoisotopic (exact) mass is 535 g/mol. The Morgan fingerprint density at radius 2 is 1.16 bits per heavy atom. The van der Waals surface area contributed by atoms with Gasteiger partial charge in [-0.15, -0.1) is 0 Å². The number of benzene rings is 4. The van der Waals surface area contributed by atoms with Crippen LogP contribution in [-0.2, 0) is 20.0 Å². The van der Waals surface area contributed by atoms with E-state index in [1.807, 2.05) is 32.0 Å². The number of carbonyl (C=O) groups excluding carboxylic acids is 1. The van der Waals surface area contributed by atoms with Crippen LogP contribution in [0.2, 0.25) is 0 Å². The van der Waals surface area contributed by atoms with E-state index < -0.39 is 26.0 Å². The fraction of sp³-hybridized carbons (Fsp3) is 0.0741. The Morgan fingerprint density at radius 3 is 1.81 bits per heavy atom. The molecule has 190 valence electrons. The molecule has 0 aromatic heterocycles. The van der Waals surface area contributed by atoms with Crippen LogP contribution in [-0.4, -0.2) is 22.7 Å². The summed E-state index contributed by atoms with van der Waals surface area (Å²) < 4.78 is 56.0. The van der Waals surface area contributed by atoms with Gasteiger partial charge < -0.3 is 5.32 Å². The summed E-state index contributed by atoms with van der Waals surface area (Å²) in [5, 5.41) is 2.70. The Labute approximate surface area is 216 Å². The number of carbonyl (C=O) groups is 1. The normalized spacial score (nSPS) is 11.5. The molecule has 4 aromatic carbocycles. The zero-order chi connectivity index (χ0) is 26.6. The summed E-state index contributed by atoms with van der Waals surface area (Å²) in [6.07, 6.45) is 0. The molecular weight excluding hydrogens is 510 g/mol. The van der Waals surface area contributed by atoms with Crippen LogP contribution >= 0.6 is 0 Å². The third-order valence-electron chi connectivity index (χ3n) is 5.57. The average molecular weight is 536 g/mol. The molecule has 0 saturated heterocycles. The van der Waals surface area contributed by atoms with Gasteiger partial charge in [-0.3, -0.25) is 14.2 Å². The number of sulfonamides is 2. The van der Waals surface area contributed by atoms with Crippen molar-refractivity contribution in [1.82, 2.24) is 0 Å². The van der Waals surface area contributed by atoms with E-state index >= 15 is 0 Å². The number of para-hydroxylation sites is 1. The van der Waals surface area contributed by atoms with Crippen LogP contribution in [0.1, 0.15) is 21.5 Å². The second-order valence-electron chi connectivity index (χ2n) is 8.35. The zero-order valence-corrected chi connectivity index (χ0v) is 21.7. The Balaban J connectivity index is 1.46. The lowest BCUT2D eigenvalue weighted by Crippen LogP contribution is -2.16. The van der Waals surface area contributed by atoms with Gasteiger partial charge in [-0.25, -0.2) is 16.8 Å². The first-order valence-electron chi connectivity index (χ1n) is 11.2. The molecule has 4 rings (SSSR count). The van der Waals surface area contributed by atoms with Gasteiger partial charge >= 0.3 is 0 Å². The third-order valence-corrected chi connectivity index (χ3v) is 8.33. The summed E-state index contributed by atoms with van der Waals surface area (Å²) in [6.45, 7) is 3.65. The Kier molecular flexibility index (Phi) is 7.33. The molecule has 0 radical (unpaired) electrons. The number of hydrogen-bond donors (Lipinski definition) is 3. The molecular formula is C27H25N3O5S2. The smallest absolute Gasteiger partial charge is 0.261 e. The molecule has 0 fully saturated rings. The lowest BCUT2D eigenvalue weighted by Gasteiger charge is -2.14. The van der Waals surface area contributed by atoms with Crippen LogP contribution < -0.4 is 14.8 Å². The van der Waals surface area contributed by atoms with Gasteiger partial charge in [-0.2, -0.15) is 0 Å². The summed E-state index contributed by atoms with van der Waals surface area (Å²) in [5.41, 5.74) is 2.98. The van der Waals surface area contributed by atoms with Gasteiger partial charge in [0, 0.05) is 16.9 Å². The highest BCUT2D eigenvalue weighted by atomic mass is 32.2. The molecule has 0 unspecified atom stereocenters. The topological polar surface area (TPSA) is 121 Å². The standard InChI is InChI=1S/C27H25N3O5S2/c1-19-8-6-9-20(2)26(19)30-37(34,35)25-16-14-22(15-17-25)28-27(31)21-10-7-11-23(18-21)29-36(32,33)24-12-4-3-5-13-24/h3-18,29-30H,1-2H3,(H,28,31). The van der Waals surface area contributed by atoms with Gasteiger partial charge in [0.05, 0.1) is 15.5 Å². The van der Waals surface area contributed by atoms with Gasteiger partial charge in [0.25, 0.3) is 26.0 Å². The molecule has 0 saturated carbocycles. The number of hydrogen-bond acceptors (Lipinski definition) is 5. The van der Waals surface area contributed by atoms with E-state index in [2.05, 4.69) is 14.8 Å². The number of rotatable bonds is 8. The van der Waals surface area contributed by atoms with Crippen molar-refractivity contribution in [1.29, 1.82) is 0 Å². The Morgan fingerprint density at radius 1 is 0.595 bits per heavy atom. The number of anilines is 3. The molecule has 0 heterocycles. The predicted octanol–water partition coefficient (Wildman–Crippen LogP) is 5.16. The van der Waals surface area contributed by atoms with Crippen molar-refractivity contribution in [3.8, 4) is 0 Å². The van der Waals surface area contributed by atoms with Crippen LogP contribution in [0.5, 0.6) is 0 Å². The lowest BCUT2D eigenvalue weighted by molar-refractivity contribution is 0.102. The van der Waals surface area contributed by atoms with Crippen LogP contribution in [0.4, 0.5) is 17.1 Å². The van der Waals surface area contributed by atoms with Gasteiger partial charge in [-0.1, -0.05) is 42.5 Å². The molecule has 4 aromatic rings. The molecule has 0 aliphatic heterocycles. The molecule has 0 spiro atoms. The minimum atomic E-state index is -3.83. The molecule has 0 aliphatic rings. The van der Waals surface area contributed by atoms with Crippen molar-refractivity contribution < 1.29 is 21.6 Å². The first kappa shape index (κ1) is 25.9.